The lowest BCUT2D eigenvalue weighted by molar-refractivity contribution is 0.0964. The number of amides is 2. The zero-order valence-electron chi connectivity index (χ0n) is 10.7. The van der Waals surface area contributed by atoms with E-state index < -0.39 is 0 Å². The van der Waals surface area contributed by atoms with Crippen LogP contribution in [-0.2, 0) is 0 Å². The predicted molar refractivity (Wildman–Crippen MR) is 76.8 cm³/mol. The van der Waals surface area contributed by atoms with Crippen LogP contribution in [-0.4, -0.2) is 18.9 Å². The van der Waals surface area contributed by atoms with Crippen LogP contribution in [0, 0.1) is 6.92 Å². The number of anilines is 1. The third-order valence-corrected chi connectivity index (χ3v) is 3.51. The molecule has 0 atom stereocenters. The van der Waals surface area contributed by atoms with Crippen molar-refractivity contribution in [1.29, 1.82) is 0 Å². The van der Waals surface area contributed by atoms with Crippen LogP contribution in [0.25, 0.3) is 0 Å². The fraction of sp³-hybridized carbons (Fsp3) is 0.143. The van der Waals surface area contributed by atoms with Crippen molar-refractivity contribution in [2.24, 2.45) is 0 Å². The first kappa shape index (κ1) is 13.3. The van der Waals surface area contributed by atoms with Crippen LogP contribution >= 0.6 is 11.3 Å². The number of thiophene rings is 1. The predicted octanol–water partition coefficient (Wildman–Crippen LogP) is 2.67. The van der Waals surface area contributed by atoms with Crippen molar-refractivity contribution in [1.82, 2.24) is 5.32 Å². The van der Waals surface area contributed by atoms with Crippen LogP contribution in [0.5, 0.6) is 0 Å². The van der Waals surface area contributed by atoms with Crippen LogP contribution < -0.4 is 10.6 Å². The summed E-state index contributed by atoms with van der Waals surface area (Å²) in [5.74, 6) is -0.423. The SMILES string of the molecule is CNC(=O)c1ccsc1NC(=O)c1ccc(C)cc1. The second-order valence-electron chi connectivity index (χ2n) is 4.06. The Balaban J connectivity index is 2.17. The Morgan fingerprint density at radius 3 is 2.37 bits per heavy atom. The summed E-state index contributed by atoms with van der Waals surface area (Å²) in [6.45, 7) is 1.96. The lowest BCUT2D eigenvalue weighted by Crippen LogP contribution is -2.20. The molecule has 1 aromatic carbocycles. The van der Waals surface area contributed by atoms with Crippen molar-refractivity contribution in [2.45, 2.75) is 6.92 Å². The molecule has 2 amide bonds. The number of hydrogen-bond donors (Lipinski definition) is 2. The molecule has 2 aromatic rings. The summed E-state index contributed by atoms with van der Waals surface area (Å²) in [5.41, 5.74) is 2.15. The standard InChI is InChI=1S/C14H14N2O2S/c1-9-3-5-10(6-4-9)12(17)16-14-11(7-8-19-14)13(18)15-2/h3-8H,1-2H3,(H,15,18)(H,16,17). The van der Waals surface area contributed by atoms with E-state index in [4.69, 9.17) is 0 Å². The van der Waals surface area contributed by atoms with Gasteiger partial charge in [0.1, 0.15) is 5.00 Å². The van der Waals surface area contributed by atoms with E-state index in [1.807, 2.05) is 19.1 Å². The summed E-state index contributed by atoms with van der Waals surface area (Å²) in [5, 5.41) is 7.64. The molecular formula is C14H14N2O2S. The van der Waals surface area contributed by atoms with Gasteiger partial charge in [0.05, 0.1) is 5.56 Å². The van der Waals surface area contributed by atoms with Crippen molar-refractivity contribution in [3.63, 3.8) is 0 Å². The Morgan fingerprint density at radius 2 is 1.74 bits per heavy atom. The number of nitrogens with one attached hydrogen (secondary N) is 2. The topological polar surface area (TPSA) is 58.2 Å². The largest absolute Gasteiger partial charge is 0.355 e. The Kier molecular flexibility index (Phi) is 3.97. The van der Waals surface area contributed by atoms with Gasteiger partial charge in [-0.15, -0.1) is 11.3 Å². The first-order valence-corrected chi connectivity index (χ1v) is 6.67. The van der Waals surface area contributed by atoms with Crippen molar-refractivity contribution in [2.75, 3.05) is 12.4 Å². The zero-order valence-corrected chi connectivity index (χ0v) is 11.5. The third kappa shape index (κ3) is 3.00. The minimum atomic E-state index is -0.215. The highest BCUT2D eigenvalue weighted by Gasteiger charge is 2.14. The summed E-state index contributed by atoms with van der Waals surface area (Å²) in [6.07, 6.45) is 0. The van der Waals surface area contributed by atoms with Gasteiger partial charge >= 0.3 is 0 Å². The summed E-state index contributed by atoms with van der Waals surface area (Å²) >= 11 is 1.33. The highest BCUT2D eigenvalue weighted by Crippen LogP contribution is 2.23. The molecule has 1 heterocycles. The van der Waals surface area contributed by atoms with Crippen molar-refractivity contribution in [3.8, 4) is 0 Å². The highest BCUT2D eigenvalue weighted by atomic mass is 32.1. The van der Waals surface area contributed by atoms with Crippen LogP contribution in [0.3, 0.4) is 0 Å². The zero-order chi connectivity index (χ0) is 13.8. The maximum absolute atomic E-state index is 12.1. The molecule has 0 fully saturated rings. The Labute approximate surface area is 115 Å². The van der Waals surface area contributed by atoms with E-state index in [0.717, 1.165) is 5.56 Å². The molecule has 5 heteroatoms. The Hall–Kier alpha value is -2.14. The Morgan fingerprint density at radius 1 is 1.05 bits per heavy atom. The fourth-order valence-electron chi connectivity index (χ4n) is 1.60. The lowest BCUT2D eigenvalue weighted by Gasteiger charge is -2.06. The van der Waals surface area contributed by atoms with Gasteiger partial charge in [-0.3, -0.25) is 9.59 Å². The van der Waals surface area contributed by atoms with E-state index in [2.05, 4.69) is 10.6 Å². The molecule has 0 aliphatic heterocycles. The van der Waals surface area contributed by atoms with Gasteiger partial charge in [-0.25, -0.2) is 0 Å². The highest BCUT2D eigenvalue weighted by molar-refractivity contribution is 7.14. The molecule has 1 aromatic heterocycles. The van der Waals surface area contributed by atoms with Crippen molar-refractivity contribution < 1.29 is 9.59 Å². The Bertz CT molecular complexity index is 602. The van der Waals surface area contributed by atoms with Gasteiger partial charge in [0.15, 0.2) is 0 Å². The molecule has 98 valence electrons. The van der Waals surface area contributed by atoms with Gasteiger partial charge in [0, 0.05) is 12.6 Å². The molecule has 0 aliphatic carbocycles. The number of aryl methyl sites for hydroxylation is 1. The molecule has 2 rings (SSSR count). The summed E-state index contributed by atoms with van der Waals surface area (Å²) in [6, 6.07) is 8.97. The van der Waals surface area contributed by atoms with Gasteiger partial charge in [0.2, 0.25) is 0 Å². The van der Waals surface area contributed by atoms with Gasteiger partial charge in [-0.2, -0.15) is 0 Å². The second kappa shape index (κ2) is 5.67. The molecule has 0 unspecified atom stereocenters. The molecule has 0 saturated carbocycles. The van der Waals surface area contributed by atoms with E-state index in [1.54, 1.807) is 30.6 Å². The van der Waals surface area contributed by atoms with Crippen LogP contribution in [0.4, 0.5) is 5.00 Å². The quantitative estimate of drug-likeness (QED) is 0.904. The number of carbonyl (C=O) groups excluding carboxylic acids is 2. The van der Waals surface area contributed by atoms with Crippen LogP contribution in [0.1, 0.15) is 26.3 Å². The maximum Gasteiger partial charge on any atom is 0.256 e. The van der Waals surface area contributed by atoms with E-state index >= 15 is 0 Å². The average Bonchev–Trinajstić information content (AvgIpc) is 2.86. The molecule has 0 saturated heterocycles. The number of benzene rings is 1. The number of rotatable bonds is 3. The first-order chi connectivity index (χ1) is 9.11. The van der Waals surface area contributed by atoms with Gasteiger partial charge in [0.25, 0.3) is 11.8 Å². The summed E-state index contributed by atoms with van der Waals surface area (Å²) in [4.78, 5) is 23.7. The molecule has 2 N–H and O–H groups in total. The molecule has 4 nitrogen and oxygen atoms in total. The van der Waals surface area contributed by atoms with Gasteiger partial charge in [-0.1, -0.05) is 17.7 Å². The van der Waals surface area contributed by atoms with E-state index in [9.17, 15) is 9.59 Å². The average molecular weight is 274 g/mol. The minimum absolute atomic E-state index is 0.208. The fourth-order valence-corrected chi connectivity index (χ4v) is 2.38. The number of hydrogen-bond acceptors (Lipinski definition) is 3. The molecule has 0 radical (unpaired) electrons. The molecule has 0 aliphatic rings. The summed E-state index contributed by atoms with van der Waals surface area (Å²) < 4.78 is 0. The lowest BCUT2D eigenvalue weighted by atomic mass is 10.1. The number of carbonyl (C=O) groups is 2. The van der Waals surface area contributed by atoms with Gasteiger partial charge in [-0.05, 0) is 30.5 Å². The van der Waals surface area contributed by atoms with E-state index in [1.165, 1.54) is 11.3 Å². The second-order valence-corrected chi connectivity index (χ2v) is 4.98. The van der Waals surface area contributed by atoms with Crippen molar-refractivity contribution >= 4 is 28.2 Å². The van der Waals surface area contributed by atoms with Gasteiger partial charge < -0.3 is 10.6 Å². The van der Waals surface area contributed by atoms with Crippen LogP contribution in [0.2, 0.25) is 0 Å². The van der Waals surface area contributed by atoms with Crippen LogP contribution in [0.15, 0.2) is 35.7 Å². The molecule has 0 bridgehead atoms. The molecule has 0 spiro atoms. The molecular weight excluding hydrogens is 260 g/mol. The smallest absolute Gasteiger partial charge is 0.256 e. The maximum atomic E-state index is 12.1. The van der Waals surface area contributed by atoms with E-state index in [0.29, 0.717) is 16.1 Å². The minimum Gasteiger partial charge on any atom is -0.355 e. The third-order valence-electron chi connectivity index (χ3n) is 2.68. The van der Waals surface area contributed by atoms with E-state index in [-0.39, 0.29) is 11.8 Å². The monoisotopic (exact) mass is 274 g/mol. The molecule has 19 heavy (non-hydrogen) atoms. The van der Waals surface area contributed by atoms with Crippen molar-refractivity contribution in [3.05, 3.63) is 52.4 Å². The first-order valence-electron chi connectivity index (χ1n) is 5.79. The normalized spacial score (nSPS) is 10.0. The summed E-state index contributed by atoms with van der Waals surface area (Å²) in [7, 11) is 1.56.